The second-order valence-corrected chi connectivity index (χ2v) is 5.58. The molecule has 1 N–H and O–H groups in total. The summed E-state index contributed by atoms with van der Waals surface area (Å²) in [6.45, 7) is 1.23. The average Bonchev–Trinajstić information content (AvgIpc) is 3.02. The Morgan fingerprint density at radius 3 is 2.48 bits per heavy atom. The van der Waals surface area contributed by atoms with Gasteiger partial charge in [-0.1, -0.05) is 34.1 Å². The normalized spacial score (nSPS) is 15.1. The number of carbonyl (C=O) groups excluding carboxylic acids is 1. The van der Waals surface area contributed by atoms with Crippen molar-refractivity contribution in [3.63, 3.8) is 0 Å². The van der Waals surface area contributed by atoms with Crippen molar-refractivity contribution in [3.8, 4) is 0 Å². The molecule has 0 atom stereocenters. The molecule has 0 aromatic heterocycles. The number of anilines is 1. The third-order valence-electron chi connectivity index (χ3n) is 3.15. The summed E-state index contributed by atoms with van der Waals surface area (Å²) >= 11 is 3.36. The Hall–Kier alpha value is -1.69. The van der Waals surface area contributed by atoms with E-state index in [1.165, 1.54) is 0 Å². The molecule has 1 fully saturated rings. The van der Waals surface area contributed by atoms with Gasteiger partial charge in [-0.05, 0) is 30.3 Å². The number of hydrogen-bond donors (Lipinski definition) is 1. The maximum atomic E-state index is 12.1. The number of amides is 1. The molecule has 0 aliphatic carbocycles. The van der Waals surface area contributed by atoms with Crippen LogP contribution in [-0.4, -0.2) is 19.1 Å². The lowest BCUT2D eigenvalue weighted by Gasteiger charge is -2.10. The number of benzene rings is 2. The number of halogens is 1. The average molecular weight is 348 g/mol. The van der Waals surface area contributed by atoms with Crippen molar-refractivity contribution < 1.29 is 14.3 Å². The van der Waals surface area contributed by atoms with Crippen LogP contribution in [0.1, 0.15) is 22.2 Å². The summed E-state index contributed by atoms with van der Waals surface area (Å²) in [5.41, 5.74) is 2.30. The Labute approximate surface area is 131 Å². The summed E-state index contributed by atoms with van der Waals surface area (Å²) in [5, 5.41) is 2.86. The number of carbonyl (C=O) groups is 1. The summed E-state index contributed by atoms with van der Waals surface area (Å²) < 4.78 is 11.7. The van der Waals surface area contributed by atoms with Gasteiger partial charge in [0.2, 0.25) is 0 Å². The molecule has 0 radical (unpaired) electrons. The van der Waals surface area contributed by atoms with E-state index in [4.69, 9.17) is 9.47 Å². The fourth-order valence-electron chi connectivity index (χ4n) is 2.11. The second-order valence-electron chi connectivity index (χ2n) is 4.66. The smallest absolute Gasteiger partial charge is 0.255 e. The number of ether oxygens (including phenoxy) is 2. The van der Waals surface area contributed by atoms with Gasteiger partial charge in [-0.25, -0.2) is 0 Å². The Balaban J connectivity index is 1.68. The molecule has 1 heterocycles. The first kappa shape index (κ1) is 14.3. The van der Waals surface area contributed by atoms with E-state index in [-0.39, 0.29) is 12.2 Å². The highest BCUT2D eigenvalue weighted by Gasteiger charge is 2.17. The third kappa shape index (κ3) is 3.50. The lowest BCUT2D eigenvalue weighted by Crippen LogP contribution is -2.11. The highest BCUT2D eigenvalue weighted by atomic mass is 79.9. The summed E-state index contributed by atoms with van der Waals surface area (Å²) in [7, 11) is 0. The van der Waals surface area contributed by atoms with Gasteiger partial charge in [-0.15, -0.1) is 0 Å². The number of rotatable bonds is 3. The van der Waals surface area contributed by atoms with E-state index in [2.05, 4.69) is 21.2 Å². The molecule has 2 aromatic rings. The predicted molar refractivity (Wildman–Crippen MR) is 83.2 cm³/mol. The zero-order valence-electron chi connectivity index (χ0n) is 11.2. The molecule has 4 nitrogen and oxygen atoms in total. The standard InChI is InChI=1S/C16H14BrNO3/c17-13-3-1-2-12(10-13)15(19)18-14-6-4-11(5-7-14)16-20-8-9-21-16/h1-7,10,16H,8-9H2,(H,18,19). The predicted octanol–water partition coefficient (Wildman–Crippen LogP) is 3.75. The largest absolute Gasteiger partial charge is 0.346 e. The van der Waals surface area contributed by atoms with Crippen LogP contribution in [0.3, 0.4) is 0 Å². The van der Waals surface area contributed by atoms with Gasteiger partial charge in [0.05, 0.1) is 13.2 Å². The SMILES string of the molecule is O=C(Nc1ccc(C2OCCO2)cc1)c1cccc(Br)c1. The van der Waals surface area contributed by atoms with Gasteiger partial charge in [0.1, 0.15) is 0 Å². The van der Waals surface area contributed by atoms with Crippen molar-refractivity contribution in [2.24, 2.45) is 0 Å². The first-order valence-corrected chi connectivity index (χ1v) is 7.42. The Morgan fingerprint density at radius 2 is 1.81 bits per heavy atom. The van der Waals surface area contributed by atoms with Crippen molar-refractivity contribution in [1.82, 2.24) is 0 Å². The minimum atomic E-state index is -0.292. The molecule has 21 heavy (non-hydrogen) atoms. The maximum absolute atomic E-state index is 12.1. The van der Waals surface area contributed by atoms with Gasteiger partial charge in [0.25, 0.3) is 5.91 Å². The van der Waals surface area contributed by atoms with Crippen molar-refractivity contribution in [3.05, 3.63) is 64.1 Å². The molecular weight excluding hydrogens is 334 g/mol. The molecule has 5 heteroatoms. The molecule has 1 aliphatic rings. The summed E-state index contributed by atoms with van der Waals surface area (Å²) in [6.07, 6.45) is -0.292. The minimum absolute atomic E-state index is 0.141. The summed E-state index contributed by atoms with van der Waals surface area (Å²) in [5.74, 6) is -0.141. The highest BCUT2D eigenvalue weighted by Crippen LogP contribution is 2.24. The molecule has 3 rings (SSSR count). The van der Waals surface area contributed by atoms with Gasteiger partial charge in [-0.2, -0.15) is 0 Å². The van der Waals surface area contributed by atoms with Crippen LogP contribution in [0.15, 0.2) is 53.0 Å². The maximum Gasteiger partial charge on any atom is 0.255 e. The zero-order valence-corrected chi connectivity index (χ0v) is 12.8. The van der Waals surface area contributed by atoms with Gasteiger partial charge in [0, 0.05) is 21.3 Å². The van der Waals surface area contributed by atoms with Crippen LogP contribution < -0.4 is 5.32 Å². The monoisotopic (exact) mass is 347 g/mol. The highest BCUT2D eigenvalue weighted by molar-refractivity contribution is 9.10. The Morgan fingerprint density at radius 1 is 1.10 bits per heavy atom. The fraction of sp³-hybridized carbons (Fsp3) is 0.188. The van der Waals surface area contributed by atoms with Crippen molar-refractivity contribution in [2.75, 3.05) is 18.5 Å². The molecule has 0 spiro atoms. The number of hydrogen-bond acceptors (Lipinski definition) is 3. The van der Waals surface area contributed by atoms with E-state index in [0.717, 1.165) is 15.7 Å². The van der Waals surface area contributed by atoms with E-state index in [0.29, 0.717) is 18.8 Å². The van der Waals surface area contributed by atoms with Crippen LogP contribution in [0.25, 0.3) is 0 Å². The molecule has 0 bridgehead atoms. The van der Waals surface area contributed by atoms with E-state index >= 15 is 0 Å². The van der Waals surface area contributed by atoms with Crippen LogP contribution >= 0.6 is 15.9 Å². The first-order valence-electron chi connectivity index (χ1n) is 6.62. The topological polar surface area (TPSA) is 47.6 Å². The van der Waals surface area contributed by atoms with Gasteiger partial charge in [-0.3, -0.25) is 4.79 Å². The van der Waals surface area contributed by atoms with Gasteiger partial charge in [0.15, 0.2) is 6.29 Å². The first-order chi connectivity index (χ1) is 10.2. The number of nitrogens with one attached hydrogen (secondary N) is 1. The zero-order chi connectivity index (χ0) is 14.7. The van der Waals surface area contributed by atoms with E-state index in [9.17, 15) is 4.79 Å². The molecule has 2 aromatic carbocycles. The van der Waals surface area contributed by atoms with Crippen molar-refractivity contribution in [1.29, 1.82) is 0 Å². The van der Waals surface area contributed by atoms with E-state index in [1.54, 1.807) is 12.1 Å². The lowest BCUT2D eigenvalue weighted by molar-refractivity contribution is -0.0441. The Bertz CT molecular complexity index is 636. The van der Waals surface area contributed by atoms with Gasteiger partial charge >= 0.3 is 0 Å². The molecule has 1 aliphatic heterocycles. The molecule has 0 unspecified atom stereocenters. The van der Waals surface area contributed by atoms with Gasteiger partial charge < -0.3 is 14.8 Å². The van der Waals surface area contributed by atoms with Crippen LogP contribution in [0.4, 0.5) is 5.69 Å². The quantitative estimate of drug-likeness (QED) is 0.919. The van der Waals surface area contributed by atoms with Crippen LogP contribution in [0.5, 0.6) is 0 Å². The minimum Gasteiger partial charge on any atom is -0.346 e. The van der Waals surface area contributed by atoms with Crippen molar-refractivity contribution >= 4 is 27.5 Å². The molecular formula is C16H14BrNO3. The van der Waals surface area contributed by atoms with E-state index in [1.807, 2.05) is 36.4 Å². The second kappa shape index (κ2) is 6.39. The molecule has 108 valence electrons. The van der Waals surface area contributed by atoms with Crippen LogP contribution in [-0.2, 0) is 9.47 Å². The van der Waals surface area contributed by atoms with Crippen molar-refractivity contribution in [2.45, 2.75) is 6.29 Å². The lowest BCUT2D eigenvalue weighted by atomic mass is 10.1. The van der Waals surface area contributed by atoms with E-state index < -0.39 is 0 Å². The van der Waals surface area contributed by atoms with Crippen LogP contribution in [0, 0.1) is 0 Å². The fourth-order valence-corrected chi connectivity index (χ4v) is 2.51. The summed E-state index contributed by atoms with van der Waals surface area (Å²) in [6, 6.07) is 14.7. The van der Waals surface area contributed by atoms with Crippen LogP contribution in [0.2, 0.25) is 0 Å². The molecule has 1 saturated heterocycles. The molecule has 1 amide bonds. The summed E-state index contributed by atoms with van der Waals surface area (Å²) in [4.78, 5) is 12.1. The Kier molecular flexibility index (Phi) is 4.34. The third-order valence-corrected chi connectivity index (χ3v) is 3.64. The molecule has 0 saturated carbocycles.